The molecule has 0 saturated carbocycles. The van der Waals surface area contributed by atoms with Crippen LogP contribution in [0.5, 0.6) is 0 Å². The van der Waals surface area contributed by atoms with Crippen LogP contribution in [0.25, 0.3) is 0 Å². The molecule has 1 fully saturated rings. The second-order valence-electron chi connectivity index (χ2n) is 3.81. The molecule has 3 heteroatoms. The lowest BCUT2D eigenvalue weighted by Crippen LogP contribution is -2.38. The summed E-state index contributed by atoms with van der Waals surface area (Å²) in [6.07, 6.45) is 0.0226. The lowest BCUT2D eigenvalue weighted by atomic mass is 10.1. The molecule has 1 atom stereocenters. The normalized spacial score (nSPS) is 22.9. The number of likely N-dealkylation sites (N-methyl/N-ethyl adjacent to an activating group) is 1. The summed E-state index contributed by atoms with van der Waals surface area (Å²) in [6, 6.07) is 6.68. The smallest absolute Gasteiger partial charge is 0.123 e. The third-order valence-corrected chi connectivity index (χ3v) is 2.82. The van der Waals surface area contributed by atoms with E-state index in [2.05, 4.69) is 11.8 Å². The van der Waals surface area contributed by atoms with Crippen LogP contribution in [-0.2, 0) is 4.74 Å². The molecule has 1 aliphatic heterocycles. The van der Waals surface area contributed by atoms with Gasteiger partial charge >= 0.3 is 0 Å². The van der Waals surface area contributed by atoms with Crippen LogP contribution in [0.4, 0.5) is 4.39 Å². The Morgan fingerprint density at radius 3 is 3.13 bits per heavy atom. The molecule has 0 bridgehead atoms. The Morgan fingerprint density at radius 2 is 2.40 bits per heavy atom. The monoisotopic (exact) mass is 209 g/mol. The van der Waals surface area contributed by atoms with E-state index in [9.17, 15) is 4.39 Å². The molecule has 1 unspecified atom stereocenters. The molecule has 2 rings (SSSR count). The number of benzene rings is 1. The van der Waals surface area contributed by atoms with E-state index in [-0.39, 0.29) is 11.9 Å². The Bertz CT molecular complexity index is 329. The first-order valence-corrected chi connectivity index (χ1v) is 5.39. The van der Waals surface area contributed by atoms with Gasteiger partial charge in [-0.05, 0) is 24.2 Å². The summed E-state index contributed by atoms with van der Waals surface area (Å²) >= 11 is 0. The summed E-state index contributed by atoms with van der Waals surface area (Å²) in [5, 5.41) is 0. The maximum Gasteiger partial charge on any atom is 0.123 e. The molecule has 0 spiro atoms. The Hall–Kier alpha value is -0.930. The van der Waals surface area contributed by atoms with E-state index >= 15 is 0 Å². The molecular formula is C12H16FNO. The van der Waals surface area contributed by atoms with Crippen molar-refractivity contribution >= 4 is 0 Å². The SMILES string of the molecule is CCN1CCOC(c2cccc(F)c2)C1. The van der Waals surface area contributed by atoms with Crippen LogP contribution in [0, 0.1) is 5.82 Å². The molecule has 0 radical (unpaired) electrons. The van der Waals surface area contributed by atoms with E-state index in [1.54, 1.807) is 12.1 Å². The van der Waals surface area contributed by atoms with E-state index in [1.165, 1.54) is 6.07 Å². The van der Waals surface area contributed by atoms with Crippen molar-refractivity contribution in [3.05, 3.63) is 35.6 Å². The Labute approximate surface area is 89.7 Å². The van der Waals surface area contributed by atoms with Gasteiger partial charge in [-0.3, -0.25) is 4.90 Å². The van der Waals surface area contributed by atoms with Gasteiger partial charge in [0.25, 0.3) is 0 Å². The van der Waals surface area contributed by atoms with Gasteiger partial charge in [0.15, 0.2) is 0 Å². The number of rotatable bonds is 2. The molecule has 1 aliphatic rings. The van der Waals surface area contributed by atoms with Gasteiger partial charge in [-0.1, -0.05) is 19.1 Å². The highest BCUT2D eigenvalue weighted by Crippen LogP contribution is 2.22. The van der Waals surface area contributed by atoms with Crippen LogP contribution in [0.3, 0.4) is 0 Å². The molecule has 1 aromatic carbocycles. The van der Waals surface area contributed by atoms with Crippen molar-refractivity contribution in [3.8, 4) is 0 Å². The summed E-state index contributed by atoms with van der Waals surface area (Å²) in [5.74, 6) is -0.190. The number of halogens is 1. The summed E-state index contributed by atoms with van der Waals surface area (Å²) in [5.41, 5.74) is 0.938. The molecule has 1 aromatic rings. The topological polar surface area (TPSA) is 12.5 Å². The Balaban J connectivity index is 2.09. The number of hydrogen-bond donors (Lipinski definition) is 0. The molecule has 0 N–H and O–H groups in total. The Kier molecular flexibility index (Phi) is 3.34. The van der Waals surface area contributed by atoms with Crippen molar-refractivity contribution in [1.82, 2.24) is 4.90 Å². The van der Waals surface area contributed by atoms with Crippen molar-refractivity contribution in [1.29, 1.82) is 0 Å². The fourth-order valence-electron chi connectivity index (χ4n) is 1.90. The maximum atomic E-state index is 13.0. The van der Waals surface area contributed by atoms with E-state index < -0.39 is 0 Å². The average molecular weight is 209 g/mol. The van der Waals surface area contributed by atoms with Crippen LogP contribution in [-0.4, -0.2) is 31.1 Å². The lowest BCUT2D eigenvalue weighted by Gasteiger charge is -2.32. The predicted molar refractivity (Wildman–Crippen MR) is 57.2 cm³/mol. The minimum atomic E-state index is -0.190. The third-order valence-electron chi connectivity index (χ3n) is 2.82. The maximum absolute atomic E-state index is 13.0. The van der Waals surface area contributed by atoms with Gasteiger partial charge < -0.3 is 4.74 Å². The summed E-state index contributed by atoms with van der Waals surface area (Å²) in [7, 11) is 0. The van der Waals surface area contributed by atoms with Gasteiger partial charge in [-0.2, -0.15) is 0 Å². The fraction of sp³-hybridized carbons (Fsp3) is 0.500. The quantitative estimate of drug-likeness (QED) is 0.740. The molecule has 2 nitrogen and oxygen atoms in total. The van der Waals surface area contributed by atoms with Gasteiger partial charge in [-0.25, -0.2) is 4.39 Å². The summed E-state index contributed by atoms with van der Waals surface area (Å²) in [4.78, 5) is 2.32. The second-order valence-corrected chi connectivity index (χ2v) is 3.81. The average Bonchev–Trinajstić information content (AvgIpc) is 2.29. The van der Waals surface area contributed by atoms with Crippen LogP contribution in [0.1, 0.15) is 18.6 Å². The summed E-state index contributed by atoms with van der Waals surface area (Å²) in [6.45, 7) is 5.72. The highest BCUT2D eigenvalue weighted by Gasteiger charge is 2.20. The van der Waals surface area contributed by atoms with Gasteiger partial charge in [0, 0.05) is 13.1 Å². The van der Waals surface area contributed by atoms with E-state index in [1.807, 2.05) is 6.07 Å². The zero-order chi connectivity index (χ0) is 10.7. The van der Waals surface area contributed by atoms with Gasteiger partial charge in [-0.15, -0.1) is 0 Å². The van der Waals surface area contributed by atoms with Crippen molar-refractivity contribution in [3.63, 3.8) is 0 Å². The number of ether oxygens (including phenoxy) is 1. The highest BCUT2D eigenvalue weighted by molar-refractivity contribution is 5.19. The largest absolute Gasteiger partial charge is 0.371 e. The van der Waals surface area contributed by atoms with E-state index in [0.717, 1.165) is 31.8 Å². The fourth-order valence-corrected chi connectivity index (χ4v) is 1.90. The molecule has 15 heavy (non-hydrogen) atoms. The van der Waals surface area contributed by atoms with Gasteiger partial charge in [0.05, 0.1) is 12.7 Å². The molecular weight excluding hydrogens is 193 g/mol. The first-order chi connectivity index (χ1) is 7.29. The minimum absolute atomic E-state index is 0.0226. The standard InChI is InChI=1S/C12H16FNO/c1-2-14-6-7-15-12(9-14)10-4-3-5-11(13)8-10/h3-5,8,12H,2,6-7,9H2,1H3. The van der Waals surface area contributed by atoms with Crippen LogP contribution in [0.2, 0.25) is 0 Å². The van der Waals surface area contributed by atoms with E-state index in [4.69, 9.17) is 4.74 Å². The zero-order valence-electron chi connectivity index (χ0n) is 8.95. The molecule has 0 aliphatic carbocycles. The first kappa shape index (κ1) is 10.6. The first-order valence-electron chi connectivity index (χ1n) is 5.39. The lowest BCUT2D eigenvalue weighted by molar-refractivity contribution is -0.0282. The molecule has 1 heterocycles. The Morgan fingerprint density at radius 1 is 1.53 bits per heavy atom. The third kappa shape index (κ3) is 2.55. The van der Waals surface area contributed by atoms with Crippen molar-refractivity contribution < 1.29 is 9.13 Å². The van der Waals surface area contributed by atoms with Crippen molar-refractivity contribution in [2.75, 3.05) is 26.2 Å². The van der Waals surface area contributed by atoms with Crippen LogP contribution in [0.15, 0.2) is 24.3 Å². The molecule has 82 valence electrons. The predicted octanol–water partition coefficient (Wildman–Crippen LogP) is 2.22. The minimum Gasteiger partial charge on any atom is -0.371 e. The summed E-state index contributed by atoms with van der Waals surface area (Å²) < 4.78 is 18.7. The zero-order valence-corrected chi connectivity index (χ0v) is 8.95. The number of morpholine rings is 1. The number of nitrogens with zero attached hydrogens (tertiary/aromatic N) is 1. The van der Waals surface area contributed by atoms with Crippen molar-refractivity contribution in [2.45, 2.75) is 13.0 Å². The molecule has 0 aromatic heterocycles. The molecule has 0 amide bonds. The van der Waals surface area contributed by atoms with Crippen LogP contribution < -0.4 is 0 Å². The van der Waals surface area contributed by atoms with Crippen LogP contribution >= 0.6 is 0 Å². The highest BCUT2D eigenvalue weighted by atomic mass is 19.1. The van der Waals surface area contributed by atoms with E-state index in [0.29, 0.717) is 0 Å². The second kappa shape index (κ2) is 4.73. The van der Waals surface area contributed by atoms with Crippen molar-refractivity contribution in [2.24, 2.45) is 0 Å². The number of hydrogen-bond acceptors (Lipinski definition) is 2. The van der Waals surface area contributed by atoms with Gasteiger partial charge in [0.2, 0.25) is 0 Å². The molecule has 1 saturated heterocycles. The van der Waals surface area contributed by atoms with Gasteiger partial charge in [0.1, 0.15) is 5.82 Å².